The molecule has 21 heavy (non-hydrogen) atoms. The van der Waals surface area contributed by atoms with Crippen LogP contribution in [0.3, 0.4) is 0 Å². The number of hydrogen-bond donors (Lipinski definition) is 0. The van der Waals surface area contributed by atoms with Crippen LogP contribution in [-0.4, -0.2) is 16.1 Å². The topological polar surface area (TPSA) is 34.9 Å². The molecule has 0 aliphatic rings. The minimum Gasteiger partial charge on any atom is -0.298 e. The number of hydrogen-bond acceptors (Lipinski definition) is 2. The Hall–Kier alpha value is -2.75. The second kappa shape index (κ2) is 5.71. The molecule has 104 valence electrons. The zero-order valence-corrected chi connectivity index (χ0v) is 11.2. The van der Waals surface area contributed by atoms with Crippen molar-refractivity contribution in [3.63, 3.8) is 0 Å². The molecule has 3 nitrogen and oxygen atoms in total. The fourth-order valence-electron chi connectivity index (χ4n) is 2.29. The Morgan fingerprint density at radius 1 is 1.05 bits per heavy atom. The number of aromatic nitrogens is 2. The predicted molar refractivity (Wildman–Crippen MR) is 78.6 cm³/mol. The molecule has 2 aromatic carbocycles. The summed E-state index contributed by atoms with van der Waals surface area (Å²) in [5.41, 5.74) is 3.06. The Balaban J connectivity index is 2.04. The van der Waals surface area contributed by atoms with E-state index in [0.717, 1.165) is 17.4 Å². The molecule has 0 saturated heterocycles. The maximum absolute atomic E-state index is 13.1. The van der Waals surface area contributed by atoms with Crippen LogP contribution in [0.4, 0.5) is 4.39 Å². The summed E-state index contributed by atoms with van der Waals surface area (Å²) in [4.78, 5) is 11.2. The summed E-state index contributed by atoms with van der Waals surface area (Å²) >= 11 is 0. The van der Waals surface area contributed by atoms with Crippen molar-refractivity contribution < 1.29 is 9.18 Å². The van der Waals surface area contributed by atoms with Crippen LogP contribution in [0.2, 0.25) is 0 Å². The van der Waals surface area contributed by atoms with Crippen molar-refractivity contribution in [2.24, 2.45) is 0 Å². The van der Waals surface area contributed by atoms with Gasteiger partial charge in [-0.3, -0.25) is 9.48 Å². The first-order valence-corrected chi connectivity index (χ1v) is 6.59. The van der Waals surface area contributed by atoms with Gasteiger partial charge in [-0.25, -0.2) is 4.39 Å². The van der Waals surface area contributed by atoms with Crippen molar-refractivity contribution >= 4 is 6.29 Å². The van der Waals surface area contributed by atoms with E-state index in [9.17, 15) is 9.18 Å². The molecule has 0 fully saturated rings. The van der Waals surface area contributed by atoms with Gasteiger partial charge in [0, 0.05) is 5.56 Å². The summed E-state index contributed by atoms with van der Waals surface area (Å²) in [6.07, 6.45) is 2.31. The largest absolute Gasteiger partial charge is 0.298 e. The van der Waals surface area contributed by atoms with E-state index in [1.165, 1.54) is 18.3 Å². The zero-order valence-electron chi connectivity index (χ0n) is 11.2. The number of rotatable bonds is 4. The Labute approximate surface area is 121 Å². The molecule has 0 spiro atoms. The van der Waals surface area contributed by atoms with Gasteiger partial charge in [-0.05, 0) is 29.8 Å². The highest BCUT2D eigenvalue weighted by atomic mass is 19.1. The van der Waals surface area contributed by atoms with Crippen LogP contribution in [-0.2, 0) is 6.54 Å². The third-order valence-corrected chi connectivity index (χ3v) is 3.29. The molecule has 3 rings (SSSR count). The molecule has 0 atom stereocenters. The van der Waals surface area contributed by atoms with Gasteiger partial charge in [0.2, 0.25) is 0 Å². The minimum absolute atomic E-state index is 0.305. The molecule has 0 radical (unpaired) electrons. The molecule has 0 aliphatic heterocycles. The molecule has 0 aliphatic carbocycles. The number of carbonyl (C=O) groups excluding carboxylic acids is 1. The van der Waals surface area contributed by atoms with Crippen molar-refractivity contribution in [2.75, 3.05) is 0 Å². The van der Waals surface area contributed by atoms with Gasteiger partial charge in [0.1, 0.15) is 5.82 Å². The molecule has 1 aromatic heterocycles. The first-order chi connectivity index (χ1) is 10.3. The van der Waals surface area contributed by atoms with E-state index in [1.807, 2.05) is 30.3 Å². The molecular weight excluding hydrogens is 267 g/mol. The van der Waals surface area contributed by atoms with Crippen LogP contribution >= 0.6 is 0 Å². The van der Waals surface area contributed by atoms with E-state index in [4.69, 9.17) is 0 Å². The monoisotopic (exact) mass is 280 g/mol. The quantitative estimate of drug-likeness (QED) is 0.685. The van der Waals surface area contributed by atoms with Crippen LogP contribution < -0.4 is 0 Å². The van der Waals surface area contributed by atoms with Crippen molar-refractivity contribution in [3.05, 3.63) is 77.7 Å². The molecule has 0 bridgehead atoms. The number of aldehydes is 1. The lowest BCUT2D eigenvalue weighted by Crippen LogP contribution is -2.04. The van der Waals surface area contributed by atoms with Crippen LogP contribution in [0, 0.1) is 5.82 Å². The van der Waals surface area contributed by atoms with Crippen molar-refractivity contribution in [1.29, 1.82) is 0 Å². The highest BCUT2D eigenvalue weighted by molar-refractivity contribution is 5.85. The Morgan fingerprint density at radius 2 is 1.76 bits per heavy atom. The van der Waals surface area contributed by atoms with Crippen LogP contribution in [0.5, 0.6) is 0 Å². The standard InChI is InChI=1S/C17H13FN2O/c18-16-8-6-14(7-9-16)17-15(12-21)10-19-20(17)11-13-4-2-1-3-5-13/h1-10,12H,11H2. The van der Waals surface area contributed by atoms with E-state index in [1.54, 1.807) is 16.8 Å². The normalized spacial score (nSPS) is 10.5. The molecule has 0 saturated carbocycles. The van der Waals surface area contributed by atoms with E-state index in [-0.39, 0.29) is 5.82 Å². The third-order valence-electron chi connectivity index (χ3n) is 3.29. The van der Waals surface area contributed by atoms with Gasteiger partial charge in [-0.15, -0.1) is 0 Å². The molecule has 0 unspecified atom stereocenters. The Morgan fingerprint density at radius 3 is 2.43 bits per heavy atom. The Kier molecular flexibility index (Phi) is 3.60. The van der Waals surface area contributed by atoms with Gasteiger partial charge in [0.05, 0.1) is 24.0 Å². The molecule has 3 aromatic rings. The average Bonchev–Trinajstić information content (AvgIpc) is 2.92. The lowest BCUT2D eigenvalue weighted by molar-refractivity contribution is 0.112. The first-order valence-electron chi connectivity index (χ1n) is 6.59. The van der Waals surface area contributed by atoms with E-state index in [2.05, 4.69) is 5.10 Å². The van der Waals surface area contributed by atoms with Crippen LogP contribution in [0.25, 0.3) is 11.3 Å². The number of benzene rings is 2. The summed E-state index contributed by atoms with van der Waals surface area (Å²) in [6.45, 7) is 0.557. The third kappa shape index (κ3) is 2.74. The maximum atomic E-state index is 13.1. The van der Waals surface area contributed by atoms with Gasteiger partial charge < -0.3 is 0 Å². The van der Waals surface area contributed by atoms with Gasteiger partial charge in [-0.1, -0.05) is 30.3 Å². The summed E-state index contributed by atoms with van der Waals surface area (Å²) in [5.74, 6) is -0.305. The maximum Gasteiger partial charge on any atom is 0.153 e. The van der Waals surface area contributed by atoms with E-state index < -0.39 is 0 Å². The van der Waals surface area contributed by atoms with E-state index >= 15 is 0 Å². The summed E-state index contributed by atoms with van der Waals surface area (Å²) in [5, 5.41) is 4.27. The summed E-state index contributed by atoms with van der Waals surface area (Å²) < 4.78 is 14.8. The number of halogens is 1. The first kappa shape index (κ1) is 13.2. The van der Waals surface area contributed by atoms with Crippen molar-refractivity contribution in [2.45, 2.75) is 6.54 Å². The Bertz CT molecular complexity index is 748. The van der Waals surface area contributed by atoms with Crippen LogP contribution in [0.1, 0.15) is 15.9 Å². The van der Waals surface area contributed by atoms with Crippen molar-refractivity contribution in [1.82, 2.24) is 9.78 Å². The number of nitrogens with zero attached hydrogens (tertiary/aromatic N) is 2. The van der Waals surface area contributed by atoms with Gasteiger partial charge in [0.25, 0.3) is 0 Å². The molecular formula is C17H13FN2O. The SMILES string of the molecule is O=Cc1cnn(Cc2ccccc2)c1-c1ccc(F)cc1. The average molecular weight is 280 g/mol. The summed E-state index contributed by atoms with van der Waals surface area (Å²) in [7, 11) is 0. The van der Waals surface area contributed by atoms with Crippen LogP contribution in [0.15, 0.2) is 60.8 Å². The molecule has 0 N–H and O–H groups in total. The number of carbonyl (C=O) groups is 1. The highest BCUT2D eigenvalue weighted by Gasteiger charge is 2.13. The van der Waals surface area contributed by atoms with E-state index in [0.29, 0.717) is 17.8 Å². The predicted octanol–water partition coefficient (Wildman–Crippen LogP) is 3.55. The fourth-order valence-corrected chi connectivity index (χ4v) is 2.29. The zero-order chi connectivity index (χ0) is 14.7. The molecule has 0 amide bonds. The highest BCUT2D eigenvalue weighted by Crippen LogP contribution is 2.23. The van der Waals surface area contributed by atoms with Gasteiger partial charge in [-0.2, -0.15) is 5.10 Å². The lowest BCUT2D eigenvalue weighted by Gasteiger charge is -2.09. The fraction of sp³-hybridized carbons (Fsp3) is 0.0588. The van der Waals surface area contributed by atoms with Crippen molar-refractivity contribution in [3.8, 4) is 11.3 Å². The minimum atomic E-state index is -0.305. The lowest BCUT2D eigenvalue weighted by atomic mass is 10.1. The second-order valence-electron chi connectivity index (χ2n) is 4.72. The van der Waals surface area contributed by atoms with Gasteiger partial charge >= 0.3 is 0 Å². The second-order valence-corrected chi connectivity index (χ2v) is 4.72. The van der Waals surface area contributed by atoms with Gasteiger partial charge in [0.15, 0.2) is 6.29 Å². The molecule has 4 heteroatoms. The summed E-state index contributed by atoms with van der Waals surface area (Å²) in [6, 6.07) is 15.9. The molecule has 1 heterocycles. The smallest absolute Gasteiger partial charge is 0.153 e.